The van der Waals surface area contributed by atoms with Gasteiger partial charge in [0, 0.05) is 19.3 Å². The lowest BCUT2D eigenvalue weighted by atomic mass is 10.0. The number of carbonyl (C=O) groups is 3. The molecule has 0 spiro atoms. The van der Waals surface area contributed by atoms with Crippen LogP contribution in [0.15, 0.2) is 0 Å². The fraction of sp³-hybridized carbons (Fsp3) is 0.945. The van der Waals surface area contributed by atoms with Gasteiger partial charge in [-0.25, -0.2) is 0 Å². The van der Waals surface area contributed by atoms with E-state index in [4.69, 9.17) is 14.2 Å². The van der Waals surface area contributed by atoms with Gasteiger partial charge in [-0.1, -0.05) is 266 Å². The highest BCUT2D eigenvalue weighted by Crippen LogP contribution is 2.18. The Morgan fingerprint density at radius 2 is 0.541 bits per heavy atom. The Morgan fingerprint density at radius 1 is 0.311 bits per heavy atom. The minimum atomic E-state index is -0.760. The molecule has 6 heteroatoms. The average molecular weight is 863 g/mol. The van der Waals surface area contributed by atoms with E-state index in [2.05, 4.69) is 34.6 Å². The largest absolute Gasteiger partial charge is 0.462 e. The van der Waals surface area contributed by atoms with E-state index < -0.39 is 6.10 Å². The number of hydrogen-bond donors (Lipinski definition) is 0. The molecule has 1 atom stereocenters. The third kappa shape index (κ3) is 49.3. The van der Waals surface area contributed by atoms with E-state index >= 15 is 0 Å². The highest BCUT2D eigenvalue weighted by Gasteiger charge is 2.19. The second kappa shape index (κ2) is 47.9. The van der Waals surface area contributed by atoms with Crippen LogP contribution < -0.4 is 0 Å². The third-order valence-corrected chi connectivity index (χ3v) is 12.5. The molecule has 0 aliphatic carbocycles. The number of ether oxygens (including phenoxy) is 3. The van der Waals surface area contributed by atoms with Gasteiger partial charge in [0.1, 0.15) is 13.2 Å². The van der Waals surface area contributed by atoms with Crippen LogP contribution in [0.4, 0.5) is 0 Å². The van der Waals surface area contributed by atoms with Crippen molar-refractivity contribution in [3.63, 3.8) is 0 Å². The van der Waals surface area contributed by atoms with Gasteiger partial charge < -0.3 is 14.2 Å². The summed E-state index contributed by atoms with van der Waals surface area (Å²) in [5.74, 6) is 0.846. The van der Waals surface area contributed by atoms with Crippen molar-refractivity contribution in [3.8, 4) is 0 Å². The number of carbonyl (C=O) groups excluding carboxylic acids is 3. The molecule has 0 aliphatic heterocycles. The number of rotatable bonds is 49. The molecule has 0 fully saturated rings. The Morgan fingerprint density at radius 3 is 0.803 bits per heavy atom. The molecule has 61 heavy (non-hydrogen) atoms. The van der Waals surface area contributed by atoms with Crippen LogP contribution in [0, 0.1) is 11.8 Å². The molecule has 0 saturated heterocycles. The molecular formula is C55H106O6. The summed E-state index contributed by atoms with van der Waals surface area (Å²) in [7, 11) is 0. The molecule has 0 rings (SSSR count). The van der Waals surface area contributed by atoms with Gasteiger partial charge in [-0.05, 0) is 31.1 Å². The summed E-state index contributed by atoms with van der Waals surface area (Å²) in [6, 6.07) is 0. The second-order valence-corrected chi connectivity index (χ2v) is 19.8. The normalized spacial score (nSPS) is 12.0. The van der Waals surface area contributed by atoms with Crippen molar-refractivity contribution in [2.24, 2.45) is 11.8 Å². The molecule has 6 nitrogen and oxygen atoms in total. The maximum absolute atomic E-state index is 12.8. The first-order valence-corrected chi connectivity index (χ1v) is 27.2. The highest BCUT2D eigenvalue weighted by atomic mass is 16.6. The number of hydrogen-bond acceptors (Lipinski definition) is 6. The summed E-state index contributed by atoms with van der Waals surface area (Å²) in [4.78, 5) is 37.9. The Hall–Kier alpha value is -1.59. The summed E-state index contributed by atoms with van der Waals surface area (Å²) in [5.41, 5.74) is 0. The van der Waals surface area contributed by atoms with Crippen LogP contribution in [-0.4, -0.2) is 37.2 Å². The van der Waals surface area contributed by atoms with Gasteiger partial charge in [-0.2, -0.15) is 0 Å². The van der Waals surface area contributed by atoms with Crippen molar-refractivity contribution in [1.29, 1.82) is 0 Å². The summed E-state index contributed by atoms with van der Waals surface area (Å²) in [6.45, 7) is 11.4. The van der Waals surface area contributed by atoms with Crippen LogP contribution in [0.3, 0.4) is 0 Å². The van der Waals surface area contributed by atoms with Crippen molar-refractivity contribution in [2.75, 3.05) is 13.2 Å². The lowest BCUT2D eigenvalue weighted by molar-refractivity contribution is -0.167. The minimum Gasteiger partial charge on any atom is -0.462 e. The first kappa shape index (κ1) is 59.4. The summed E-state index contributed by atoms with van der Waals surface area (Å²) < 4.78 is 16.8. The van der Waals surface area contributed by atoms with Crippen molar-refractivity contribution in [1.82, 2.24) is 0 Å². The molecule has 0 saturated carbocycles. The topological polar surface area (TPSA) is 78.9 Å². The van der Waals surface area contributed by atoms with Gasteiger partial charge >= 0.3 is 17.9 Å². The highest BCUT2D eigenvalue weighted by molar-refractivity contribution is 5.71. The van der Waals surface area contributed by atoms with Crippen LogP contribution in [0.5, 0.6) is 0 Å². The zero-order valence-corrected chi connectivity index (χ0v) is 41.8. The Labute approximate surface area is 380 Å². The molecule has 0 aromatic carbocycles. The van der Waals surface area contributed by atoms with E-state index in [1.54, 1.807) is 0 Å². The Kier molecular flexibility index (Phi) is 46.6. The lowest BCUT2D eigenvalue weighted by Gasteiger charge is -2.18. The maximum Gasteiger partial charge on any atom is 0.306 e. The molecule has 362 valence electrons. The van der Waals surface area contributed by atoms with Gasteiger partial charge in [0.05, 0.1) is 0 Å². The monoisotopic (exact) mass is 863 g/mol. The fourth-order valence-corrected chi connectivity index (χ4v) is 8.34. The van der Waals surface area contributed by atoms with E-state index in [-0.39, 0.29) is 31.1 Å². The fourth-order valence-electron chi connectivity index (χ4n) is 8.34. The van der Waals surface area contributed by atoms with Gasteiger partial charge in [0.2, 0.25) is 0 Å². The van der Waals surface area contributed by atoms with Crippen LogP contribution in [0.25, 0.3) is 0 Å². The van der Waals surface area contributed by atoms with Gasteiger partial charge in [-0.15, -0.1) is 0 Å². The molecule has 0 aliphatic rings. The van der Waals surface area contributed by atoms with E-state index in [0.29, 0.717) is 19.3 Å². The molecule has 0 aromatic rings. The van der Waals surface area contributed by atoms with Crippen LogP contribution >= 0.6 is 0 Å². The van der Waals surface area contributed by atoms with E-state index in [9.17, 15) is 14.4 Å². The van der Waals surface area contributed by atoms with E-state index in [1.807, 2.05) is 0 Å². The first-order chi connectivity index (χ1) is 29.7. The Bertz CT molecular complexity index is 931. The van der Waals surface area contributed by atoms with E-state index in [0.717, 1.165) is 69.6 Å². The molecule has 0 radical (unpaired) electrons. The number of esters is 3. The smallest absolute Gasteiger partial charge is 0.306 e. The maximum atomic E-state index is 12.8. The van der Waals surface area contributed by atoms with Crippen molar-refractivity contribution in [2.45, 2.75) is 310 Å². The zero-order chi connectivity index (χ0) is 44.7. The Balaban J connectivity index is 4.16. The molecule has 0 unspecified atom stereocenters. The van der Waals surface area contributed by atoms with Gasteiger partial charge in [0.25, 0.3) is 0 Å². The first-order valence-electron chi connectivity index (χ1n) is 27.2. The van der Waals surface area contributed by atoms with Crippen LogP contribution in [0.2, 0.25) is 0 Å². The van der Waals surface area contributed by atoms with E-state index in [1.165, 1.54) is 193 Å². The van der Waals surface area contributed by atoms with Crippen molar-refractivity contribution in [3.05, 3.63) is 0 Å². The van der Waals surface area contributed by atoms with Crippen LogP contribution in [-0.2, 0) is 28.6 Å². The van der Waals surface area contributed by atoms with Gasteiger partial charge in [0.15, 0.2) is 6.10 Å². The molecule has 0 bridgehead atoms. The summed E-state index contributed by atoms with van der Waals surface area (Å²) >= 11 is 0. The van der Waals surface area contributed by atoms with Crippen molar-refractivity contribution >= 4 is 17.9 Å². The second-order valence-electron chi connectivity index (χ2n) is 19.8. The SMILES string of the molecule is CCCCCCCCCC(=O)OC[C@H](COC(=O)CCCCCCCCCCCCCCCCCCC(C)C)OC(=O)CCCCCCCCCCCCCCCCC(C)C. The predicted molar refractivity (Wildman–Crippen MR) is 261 cm³/mol. The molecule has 0 aromatic heterocycles. The standard InChI is InChI=1S/C55H106O6/c1-6-7-8-9-28-35-40-45-53(56)59-48-52(61-55(58)47-42-37-32-27-23-19-15-14-17-21-25-30-34-39-44-51(4)5)49-60-54(57)46-41-36-31-26-22-18-13-11-10-12-16-20-24-29-33-38-43-50(2)3/h50-52H,6-49H2,1-5H3/t52-/m1/s1. The predicted octanol–water partition coefficient (Wildman–Crippen LogP) is 17.7. The number of unbranched alkanes of at least 4 members (excludes halogenated alkanes) is 34. The minimum absolute atomic E-state index is 0.0635. The molecule has 0 heterocycles. The van der Waals surface area contributed by atoms with Gasteiger partial charge in [-0.3, -0.25) is 14.4 Å². The molecule has 0 amide bonds. The average Bonchev–Trinajstić information content (AvgIpc) is 3.23. The molecule has 0 N–H and O–H groups in total. The lowest BCUT2D eigenvalue weighted by Crippen LogP contribution is -2.30. The quantitative estimate of drug-likeness (QED) is 0.0344. The van der Waals surface area contributed by atoms with Crippen LogP contribution in [0.1, 0.15) is 304 Å². The molecular weight excluding hydrogens is 757 g/mol. The zero-order valence-electron chi connectivity index (χ0n) is 41.8. The van der Waals surface area contributed by atoms with Crippen molar-refractivity contribution < 1.29 is 28.6 Å². The summed E-state index contributed by atoms with van der Waals surface area (Å²) in [5, 5.41) is 0. The third-order valence-electron chi connectivity index (χ3n) is 12.5. The summed E-state index contributed by atoms with van der Waals surface area (Å²) in [6.07, 6.45) is 49.6.